The van der Waals surface area contributed by atoms with Gasteiger partial charge in [-0.25, -0.2) is 19.9 Å². The molecule has 0 saturated heterocycles. The van der Waals surface area contributed by atoms with Crippen LogP contribution < -0.4 is 9.64 Å². The number of rotatable bonds is 5. The number of hydrogen-bond acceptors (Lipinski definition) is 7. The van der Waals surface area contributed by atoms with Crippen molar-refractivity contribution in [1.82, 2.24) is 34.3 Å². The van der Waals surface area contributed by atoms with E-state index in [1.165, 1.54) is 11.3 Å². The first-order chi connectivity index (χ1) is 16.5. The Bertz CT molecular complexity index is 1370. The standard InChI is InChI=1S/C25H28N8O/c1-15-12-31(2)24(29-15)17-7-8-20(26-11-17)33-10-9-19-18(13-33)23(30-32(19)3)21-22(16-5-6-16)27-14-28-25(21)34-4/h7-8,11-12,14,16H,5-6,9-10,13H2,1-4H3. The lowest BCUT2D eigenvalue weighted by atomic mass is 9.99. The van der Waals surface area contributed by atoms with Crippen molar-refractivity contribution in [2.24, 2.45) is 14.1 Å². The first kappa shape index (κ1) is 20.8. The molecule has 6 rings (SSSR count). The Morgan fingerprint density at radius 3 is 2.62 bits per heavy atom. The Labute approximate surface area is 198 Å². The highest BCUT2D eigenvalue weighted by Crippen LogP contribution is 2.46. The van der Waals surface area contributed by atoms with Crippen LogP contribution in [-0.4, -0.2) is 47.9 Å². The number of ether oxygens (including phenoxy) is 1. The normalized spacial score (nSPS) is 15.5. The molecule has 0 amide bonds. The monoisotopic (exact) mass is 456 g/mol. The zero-order chi connectivity index (χ0) is 23.4. The van der Waals surface area contributed by atoms with Crippen LogP contribution in [0.3, 0.4) is 0 Å². The zero-order valence-electron chi connectivity index (χ0n) is 20.0. The molecule has 0 unspecified atom stereocenters. The van der Waals surface area contributed by atoms with Crippen LogP contribution in [0.15, 0.2) is 30.9 Å². The second-order valence-corrected chi connectivity index (χ2v) is 9.21. The quantitative estimate of drug-likeness (QED) is 0.455. The van der Waals surface area contributed by atoms with Gasteiger partial charge in [-0.05, 0) is 31.9 Å². The minimum atomic E-state index is 0.466. The Hall–Kier alpha value is -3.75. The maximum Gasteiger partial charge on any atom is 0.226 e. The van der Waals surface area contributed by atoms with Crippen LogP contribution in [0.25, 0.3) is 22.6 Å². The van der Waals surface area contributed by atoms with E-state index in [0.717, 1.165) is 72.2 Å². The summed E-state index contributed by atoms with van der Waals surface area (Å²) in [5.41, 5.74) is 7.40. The number of anilines is 1. The van der Waals surface area contributed by atoms with E-state index in [1.807, 2.05) is 42.7 Å². The van der Waals surface area contributed by atoms with Gasteiger partial charge in [0, 0.05) is 68.7 Å². The van der Waals surface area contributed by atoms with Crippen LogP contribution in [0.1, 0.15) is 41.4 Å². The molecule has 5 heterocycles. The summed E-state index contributed by atoms with van der Waals surface area (Å²) in [6, 6.07) is 4.19. The summed E-state index contributed by atoms with van der Waals surface area (Å²) in [6.07, 6.45) is 8.74. The van der Waals surface area contributed by atoms with E-state index in [1.54, 1.807) is 13.4 Å². The highest BCUT2D eigenvalue weighted by molar-refractivity contribution is 5.73. The summed E-state index contributed by atoms with van der Waals surface area (Å²) < 4.78 is 9.70. The van der Waals surface area contributed by atoms with E-state index in [-0.39, 0.29) is 0 Å². The third-order valence-electron chi connectivity index (χ3n) is 6.81. The summed E-state index contributed by atoms with van der Waals surface area (Å²) in [7, 11) is 5.70. The summed E-state index contributed by atoms with van der Waals surface area (Å²) in [5, 5.41) is 4.93. The third-order valence-corrected chi connectivity index (χ3v) is 6.81. The van der Waals surface area contributed by atoms with Gasteiger partial charge < -0.3 is 14.2 Å². The Kier molecular flexibility index (Phi) is 4.86. The lowest BCUT2D eigenvalue weighted by Crippen LogP contribution is -2.31. The van der Waals surface area contributed by atoms with Gasteiger partial charge in [0.15, 0.2) is 0 Å². The number of methoxy groups -OCH3 is 1. The summed E-state index contributed by atoms with van der Waals surface area (Å²) in [4.78, 5) is 20.8. The SMILES string of the molecule is COc1ncnc(C2CC2)c1-c1nn(C)c2c1CN(c1ccc(-c3nc(C)cn3C)cn1)CC2. The van der Waals surface area contributed by atoms with E-state index in [0.29, 0.717) is 11.8 Å². The molecule has 9 heteroatoms. The van der Waals surface area contributed by atoms with Gasteiger partial charge in [0.05, 0.1) is 24.1 Å². The number of nitrogens with zero attached hydrogens (tertiary/aromatic N) is 8. The minimum Gasteiger partial charge on any atom is -0.480 e. The second-order valence-electron chi connectivity index (χ2n) is 9.21. The van der Waals surface area contributed by atoms with Crippen molar-refractivity contribution in [3.8, 4) is 28.5 Å². The number of hydrogen-bond donors (Lipinski definition) is 0. The summed E-state index contributed by atoms with van der Waals surface area (Å²) >= 11 is 0. The minimum absolute atomic E-state index is 0.466. The van der Waals surface area contributed by atoms with Gasteiger partial charge in [0.1, 0.15) is 23.7 Å². The molecule has 0 spiro atoms. The fourth-order valence-corrected chi connectivity index (χ4v) is 5.00. The molecule has 174 valence electrons. The molecular formula is C25H28N8O. The Morgan fingerprint density at radius 2 is 1.94 bits per heavy atom. The van der Waals surface area contributed by atoms with Gasteiger partial charge in [0.25, 0.3) is 0 Å². The Morgan fingerprint density at radius 1 is 1.09 bits per heavy atom. The summed E-state index contributed by atoms with van der Waals surface area (Å²) in [5.74, 6) is 2.95. The average Bonchev–Trinajstić information content (AvgIpc) is 3.58. The van der Waals surface area contributed by atoms with E-state index in [4.69, 9.17) is 14.8 Å². The van der Waals surface area contributed by atoms with E-state index in [9.17, 15) is 0 Å². The number of imidazole rings is 1. The van der Waals surface area contributed by atoms with Crippen molar-refractivity contribution in [3.63, 3.8) is 0 Å². The van der Waals surface area contributed by atoms with Crippen LogP contribution in [-0.2, 0) is 27.1 Å². The first-order valence-corrected chi connectivity index (χ1v) is 11.7. The molecule has 1 aliphatic carbocycles. The van der Waals surface area contributed by atoms with Crippen molar-refractivity contribution in [3.05, 3.63) is 53.5 Å². The molecule has 0 N–H and O–H groups in total. The predicted octanol–water partition coefficient (Wildman–Crippen LogP) is 3.43. The molecule has 9 nitrogen and oxygen atoms in total. The molecule has 0 atom stereocenters. The van der Waals surface area contributed by atoms with Crippen molar-refractivity contribution >= 4 is 5.82 Å². The van der Waals surface area contributed by atoms with Crippen LogP contribution in [0.5, 0.6) is 5.88 Å². The molecule has 0 radical (unpaired) electrons. The highest BCUT2D eigenvalue weighted by Gasteiger charge is 2.34. The van der Waals surface area contributed by atoms with Gasteiger partial charge >= 0.3 is 0 Å². The zero-order valence-corrected chi connectivity index (χ0v) is 20.0. The molecule has 0 bridgehead atoms. The first-order valence-electron chi connectivity index (χ1n) is 11.7. The number of aryl methyl sites for hydroxylation is 3. The van der Waals surface area contributed by atoms with E-state index < -0.39 is 0 Å². The van der Waals surface area contributed by atoms with Crippen LogP contribution in [0, 0.1) is 6.92 Å². The smallest absolute Gasteiger partial charge is 0.226 e. The molecule has 4 aromatic rings. The second kappa shape index (κ2) is 7.93. The maximum absolute atomic E-state index is 5.66. The fourth-order valence-electron chi connectivity index (χ4n) is 5.00. The topological polar surface area (TPSA) is 86.8 Å². The van der Waals surface area contributed by atoms with E-state index >= 15 is 0 Å². The molecular weight excluding hydrogens is 428 g/mol. The van der Waals surface area contributed by atoms with Crippen LogP contribution in [0.4, 0.5) is 5.82 Å². The molecule has 4 aromatic heterocycles. The van der Waals surface area contributed by atoms with Crippen molar-refractivity contribution < 1.29 is 4.74 Å². The molecule has 1 aliphatic heterocycles. The highest BCUT2D eigenvalue weighted by atomic mass is 16.5. The van der Waals surface area contributed by atoms with Crippen molar-refractivity contribution in [2.45, 2.75) is 38.6 Å². The predicted molar refractivity (Wildman–Crippen MR) is 129 cm³/mol. The largest absolute Gasteiger partial charge is 0.480 e. The van der Waals surface area contributed by atoms with Crippen LogP contribution in [0.2, 0.25) is 0 Å². The van der Waals surface area contributed by atoms with Crippen molar-refractivity contribution in [1.29, 1.82) is 0 Å². The molecule has 1 fully saturated rings. The van der Waals surface area contributed by atoms with Gasteiger partial charge in [-0.2, -0.15) is 5.10 Å². The average molecular weight is 457 g/mol. The lowest BCUT2D eigenvalue weighted by molar-refractivity contribution is 0.397. The molecule has 1 saturated carbocycles. The van der Waals surface area contributed by atoms with Gasteiger partial charge in [-0.1, -0.05) is 0 Å². The number of fused-ring (bicyclic) bond motifs is 1. The van der Waals surface area contributed by atoms with Gasteiger partial charge in [-0.3, -0.25) is 4.68 Å². The number of aromatic nitrogens is 7. The molecule has 0 aromatic carbocycles. The summed E-state index contributed by atoms with van der Waals surface area (Å²) in [6.45, 7) is 3.62. The van der Waals surface area contributed by atoms with Crippen LogP contribution >= 0.6 is 0 Å². The fraction of sp³-hybridized carbons (Fsp3) is 0.400. The van der Waals surface area contributed by atoms with Gasteiger partial charge in [0.2, 0.25) is 5.88 Å². The lowest BCUT2D eigenvalue weighted by Gasteiger charge is -2.29. The number of pyridine rings is 1. The third kappa shape index (κ3) is 3.43. The Balaban J connectivity index is 1.35. The van der Waals surface area contributed by atoms with Gasteiger partial charge in [-0.15, -0.1) is 0 Å². The van der Waals surface area contributed by atoms with E-state index in [2.05, 4.69) is 32.0 Å². The molecule has 2 aliphatic rings. The van der Waals surface area contributed by atoms with Crippen molar-refractivity contribution in [2.75, 3.05) is 18.6 Å². The maximum atomic E-state index is 5.66. The molecule has 34 heavy (non-hydrogen) atoms.